The molecule has 0 aliphatic carbocycles. The Morgan fingerprint density at radius 3 is 2.56 bits per heavy atom. The summed E-state index contributed by atoms with van der Waals surface area (Å²) >= 11 is 0. The van der Waals surface area contributed by atoms with E-state index in [-0.39, 0.29) is 5.54 Å². The Labute approximate surface area is 213 Å². The molecule has 0 amide bonds. The van der Waals surface area contributed by atoms with Crippen LogP contribution < -0.4 is 9.64 Å². The van der Waals surface area contributed by atoms with Gasteiger partial charge in [-0.3, -0.25) is 4.98 Å². The lowest BCUT2D eigenvalue weighted by Gasteiger charge is -2.51. The van der Waals surface area contributed by atoms with E-state index in [1.165, 1.54) is 0 Å². The topological polar surface area (TPSA) is 54.4 Å². The van der Waals surface area contributed by atoms with Crippen molar-refractivity contribution >= 4 is 16.7 Å². The Morgan fingerprint density at radius 2 is 1.81 bits per heavy atom. The zero-order valence-corrected chi connectivity index (χ0v) is 21.8. The van der Waals surface area contributed by atoms with Crippen LogP contribution in [0.1, 0.15) is 32.8 Å². The van der Waals surface area contributed by atoms with Gasteiger partial charge in [0.25, 0.3) is 0 Å². The van der Waals surface area contributed by atoms with Gasteiger partial charge < -0.3 is 14.5 Å². The highest BCUT2D eigenvalue weighted by Gasteiger charge is 2.41. The van der Waals surface area contributed by atoms with Crippen molar-refractivity contribution in [3.63, 3.8) is 0 Å². The lowest BCUT2D eigenvalue weighted by atomic mass is 9.77. The number of hydrogen-bond donors (Lipinski definition) is 0. The maximum atomic E-state index is 6.28. The van der Waals surface area contributed by atoms with Gasteiger partial charge >= 0.3 is 0 Å². The van der Waals surface area contributed by atoms with Crippen molar-refractivity contribution in [3.05, 3.63) is 78.5 Å². The monoisotopic (exact) mass is 481 g/mol. The molecule has 3 heterocycles. The largest absolute Gasteiger partial charge is 0.488 e. The lowest BCUT2D eigenvalue weighted by molar-refractivity contribution is 0.0391. The van der Waals surface area contributed by atoms with E-state index < -0.39 is 0 Å². The zero-order chi connectivity index (χ0) is 25.3. The number of pyridine rings is 1. The first-order valence-electron chi connectivity index (χ1n) is 12.7. The third kappa shape index (κ3) is 4.53. The first kappa shape index (κ1) is 24.2. The van der Waals surface area contributed by atoms with Gasteiger partial charge in [-0.15, -0.1) is 10.2 Å². The van der Waals surface area contributed by atoms with Gasteiger partial charge in [-0.25, -0.2) is 0 Å². The van der Waals surface area contributed by atoms with Crippen LogP contribution in [-0.2, 0) is 6.61 Å². The number of fused-ring (bicyclic) bond motifs is 1. The molecule has 0 bridgehead atoms. The molecule has 1 aliphatic rings. The normalized spacial score (nSPS) is 19.8. The summed E-state index contributed by atoms with van der Waals surface area (Å²) in [6.07, 6.45) is 2.91. The first-order valence-corrected chi connectivity index (χ1v) is 12.7. The third-order valence-corrected chi connectivity index (χ3v) is 8.17. The van der Waals surface area contributed by atoms with Crippen LogP contribution in [0.4, 0.5) is 5.82 Å². The van der Waals surface area contributed by atoms with Crippen LogP contribution in [0.3, 0.4) is 0 Å². The van der Waals surface area contributed by atoms with Gasteiger partial charge in [-0.2, -0.15) is 0 Å². The van der Waals surface area contributed by atoms with Crippen LogP contribution in [0.25, 0.3) is 22.2 Å². The number of nitrogens with zero attached hydrogens (tertiary/aromatic N) is 5. The summed E-state index contributed by atoms with van der Waals surface area (Å²) in [7, 11) is 4.36. The molecule has 1 aliphatic heterocycles. The van der Waals surface area contributed by atoms with E-state index in [1.807, 2.05) is 48.7 Å². The Morgan fingerprint density at radius 1 is 1.00 bits per heavy atom. The maximum absolute atomic E-state index is 6.28. The van der Waals surface area contributed by atoms with E-state index in [1.54, 1.807) is 0 Å². The van der Waals surface area contributed by atoms with Gasteiger partial charge in [0.2, 0.25) is 0 Å². The van der Waals surface area contributed by atoms with Gasteiger partial charge in [-0.05, 0) is 69.1 Å². The van der Waals surface area contributed by atoms with Crippen molar-refractivity contribution in [2.45, 2.75) is 45.4 Å². The number of anilines is 1. The molecular weight excluding hydrogens is 446 g/mol. The Bertz CT molecular complexity index is 1320. The van der Waals surface area contributed by atoms with Crippen molar-refractivity contribution in [2.24, 2.45) is 5.92 Å². The summed E-state index contributed by atoms with van der Waals surface area (Å²) < 4.78 is 6.28. The highest BCUT2D eigenvalue weighted by Crippen LogP contribution is 2.37. The molecule has 0 spiro atoms. The van der Waals surface area contributed by atoms with E-state index in [0.717, 1.165) is 52.3 Å². The van der Waals surface area contributed by atoms with Crippen LogP contribution in [0, 0.1) is 5.92 Å². The summed E-state index contributed by atoms with van der Waals surface area (Å²) in [5.41, 5.74) is 3.74. The summed E-state index contributed by atoms with van der Waals surface area (Å²) in [6, 6.07) is 22.8. The predicted molar refractivity (Wildman–Crippen MR) is 146 cm³/mol. The van der Waals surface area contributed by atoms with E-state index in [4.69, 9.17) is 4.74 Å². The van der Waals surface area contributed by atoms with Crippen molar-refractivity contribution in [2.75, 3.05) is 25.5 Å². The Hall–Kier alpha value is -3.51. The van der Waals surface area contributed by atoms with Crippen molar-refractivity contribution < 1.29 is 4.74 Å². The number of rotatable bonds is 6. The number of benzene rings is 2. The van der Waals surface area contributed by atoms with Gasteiger partial charge in [0, 0.05) is 36.8 Å². The van der Waals surface area contributed by atoms with Gasteiger partial charge in [0.05, 0.1) is 16.8 Å². The number of ether oxygens (including phenoxy) is 1. The number of likely N-dealkylation sites (tertiary alicyclic amines) is 1. The molecule has 2 unspecified atom stereocenters. The second-order valence-electron chi connectivity index (χ2n) is 10.4. The highest BCUT2D eigenvalue weighted by atomic mass is 16.5. The smallest absolute Gasteiger partial charge is 0.151 e. The van der Waals surface area contributed by atoms with Crippen LogP contribution in [0.5, 0.6) is 5.75 Å². The molecule has 0 radical (unpaired) electrons. The second-order valence-corrected chi connectivity index (χ2v) is 10.4. The third-order valence-electron chi connectivity index (χ3n) is 8.17. The van der Waals surface area contributed by atoms with Gasteiger partial charge in [-0.1, -0.05) is 43.3 Å². The van der Waals surface area contributed by atoms with Crippen molar-refractivity contribution in [1.82, 2.24) is 20.1 Å². The summed E-state index contributed by atoms with van der Waals surface area (Å²) in [6.45, 7) is 8.55. The molecule has 0 N–H and O–H groups in total. The minimum Gasteiger partial charge on any atom is -0.488 e. The van der Waals surface area contributed by atoms with Crippen molar-refractivity contribution in [1.29, 1.82) is 0 Å². The molecule has 2 aromatic heterocycles. The standard InChI is InChI=1S/C30H35N5O/c1-21-25(17-19-34(4)30(21,2)3)35(5)27-16-14-24(32-33-27)28-26(36-20-22-10-7-6-8-11-22)15-13-23-12-9-18-31-29(23)28/h6-16,18,21,25H,17,19-20H2,1-5H3. The predicted octanol–water partition coefficient (Wildman–Crippen LogP) is 5.83. The minimum atomic E-state index is 0.129. The SMILES string of the molecule is CC1C(N(C)c2ccc(-c3c(OCc4ccccc4)ccc4cccnc34)nn2)CCN(C)C1(C)C. The molecule has 1 fully saturated rings. The van der Waals surface area contributed by atoms with E-state index in [2.05, 4.69) is 84.1 Å². The lowest BCUT2D eigenvalue weighted by Crippen LogP contribution is -2.59. The quantitative estimate of drug-likeness (QED) is 0.346. The Kier molecular flexibility index (Phi) is 6.63. The van der Waals surface area contributed by atoms with Gasteiger partial charge in [0.15, 0.2) is 5.82 Å². The average molecular weight is 482 g/mol. The average Bonchev–Trinajstić information content (AvgIpc) is 2.91. The highest BCUT2D eigenvalue weighted by molar-refractivity contribution is 5.95. The van der Waals surface area contributed by atoms with Crippen LogP contribution in [0.15, 0.2) is 72.9 Å². The van der Waals surface area contributed by atoms with Crippen molar-refractivity contribution in [3.8, 4) is 17.0 Å². The molecule has 1 saturated heterocycles. The fraction of sp³-hybridized carbons (Fsp3) is 0.367. The second kappa shape index (κ2) is 9.86. The molecule has 0 saturated carbocycles. The molecule has 186 valence electrons. The molecular formula is C30H35N5O. The summed E-state index contributed by atoms with van der Waals surface area (Å²) in [5, 5.41) is 10.4. The number of aromatic nitrogens is 3. The summed E-state index contributed by atoms with van der Waals surface area (Å²) in [5.74, 6) is 2.13. The molecule has 2 aromatic carbocycles. The fourth-order valence-corrected chi connectivity index (χ4v) is 5.26. The minimum absolute atomic E-state index is 0.129. The Balaban J connectivity index is 1.46. The van der Waals surface area contributed by atoms with E-state index >= 15 is 0 Å². The molecule has 5 rings (SSSR count). The molecule has 36 heavy (non-hydrogen) atoms. The van der Waals surface area contributed by atoms with E-state index in [9.17, 15) is 0 Å². The molecule has 6 heteroatoms. The number of hydrogen-bond acceptors (Lipinski definition) is 6. The molecule has 2 atom stereocenters. The summed E-state index contributed by atoms with van der Waals surface area (Å²) in [4.78, 5) is 9.43. The van der Waals surface area contributed by atoms with Crippen LogP contribution in [-0.4, -0.2) is 52.3 Å². The van der Waals surface area contributed by atoms with E-state index in [0.29, 0.717) is 18.6 Å². The zero-order valence-electron chi connectivity index (χ0n) is 21.8. The maximum Gasteiger partial charge on any atom is 0.151 e. The number of piperidine rings is 1. The fourth-order valence-electron chi connectivity index (χ4n) is 5.26. The van der Waals surface area contributed by atoms with Gasteiger partial charge in [0.1, 0.15) is 12.4 Å². The van der Waals surface area contributed by atoms with Crippen LogP contribution in [0.2, 0.25) is 0 Å². The first-order chi connectivity index (χ1) is 17.4. The molecule has 6 nitrogen and oxygen atoms in total. The molecule has 4 aromatic rings. The van der Waals surface area contributed by atoms with Crippen LogP contribution >= 0.6 is 0 Å².